The molecule has 128 valence electrons. The van der Waals surface area contributed by atoms with Gasteiger partial charge in [0.15, 0.2) is 0 Å². The zero-order valence-electron chi connectivity index (χ0n) is 13.4. The summed E-state index contributed by atoms with van der Waals surface area (Å²) in [7, 11) is 0. The molecule has 3 rings (SSSR count). The van der Waals surface area contributed by atoms with Crippen molar-refractivity contribution in [2.45, 2.75) is 19.8 Å². The third-order valence-corrected chi connectivity index (χ3v) is 4.10. The number of halogens is 2. The van der Waals surface area contributed by atoms with Crippen LogP contribution in [-0.4, -0.2) is 16.1 Å². The molecule has 25 heavy (non-hydrogen) atoms. The van der Waals surface area contributed by atoms with Crippen LogP contribution in [-0.2, 0) is 11.2 Å². The Balaban J connectivity index is 1.59. The molecule has 0 atom stereocenters. The third-order valence-electron chi connectivity index (χ3n) is 3.53. The predicted octanol–water partition coefficient (Wildman–Crippen LogP) is 4.92. The first-order valence-electron chi connectivity index (χ1n) is 7.65. The minimum absolute atomic E-state index is 0.193. The molecule has 0 unspecified atom stereocenters. The lowest BCUT2D eigenvalue weighted by Gasteiger charge is -2.06. The summed E-state index contributed by atoms with van der Waals surface area (Å²) in [5.41, 5.74) is 2.48. The van der Waals surface area contributed by atoms with Crippen LogP contribution in [0, 0.1) is 6.92 Å². The molecule has 2 aromatic carbocycles. The average Bonchev–Trinajstić information content (AvgIpc) is 3.06. The van der Waals surface area contributed by atoms with Crippen molar-refractivity contribution < 1.29 is 9.21 Å². The van der Waals surface area contributed by atoms with Crippen LogP contribution < -0.4 is 5.32 Å². The molecule has 1 N–H and O–H groups in total. The molecule has 0 spiro atoms. The van der Waals surface area contributed by atoms with Gasteiger partial charge in [-0.05, 0) is 37.3 Å². The van der Waals surface area contributed by atoms with Gasteiger partial charge in [0.25, 0.3) is 0 Å². The van der Waals surface area contributed by atoms with Gasteiger partial charge in [-0.3, -0.25) is 4.79 Å². The van der Waals surface area contributed by atoms with E-state index in [0.717, 1.165) is 11.1 Å². The maximum Gasteiger partial charge on any atom is 0.247 e. The van der Waals surface area contributed by atoms with Crippen molar-refractivity contribution in [2.75, 3.05) is 5.32 Å². The van der Waals surface area contributed by atoms with Gasteiger partial charge >= 0.3 is 0 Å². The number of amides is 1. The summed E-state index contributed by atoms with van der Waals surface area (Å²) in [5.74, 6) is 0.635. The quantitative estimate of drug-likeness (QED) is 0.686. The Hall–Kier alpha value is -2.37. The normalized spacial score (nSPS) is 10.7. The summed E-state index contributed by atoms with van der Waals surface area (Å²) in [6.45, 7) is 2.01. The van der Waals surface area contributed by atoms with E-state index in [1.165, 1.54) is 0 Å². The van der Waals surface area contributed by atoms with E-state index in [0.29, 0.717) is 33.9 Å². The number of benzene rings is 2. The summed E-state index contributed by atoms with van der Waals surface area (Å²) in [4.78, 5) is 12.1. The van der Waals surface area contributed by atoms with Crippen LogP contribution in [0.4, 0.5) is 5.69 Å². The van der Waals surface area contributed by atoms with Gasteiger partial charge in [-0.15, -0.1) is 10.2 Å². The van der Waals surface area contributed by atoms with Crippen LogP contribution in [0.1, 0.15) is 17.9 Å². The fourth-order valence-electron chi connectivity index (χ4n) is 2.19. The van der Waals surface area contributed by atoms with Gasteiger partial charge in [-0.2, -0.15) is 0 Å². The highest BCUT2D eigenvalue weighted by Crippen LogP contribution is 2.25. The second-order valence-corrected chi connectivity index (χ2v) is 6.38. The second-order valence-electron chi connectivity index (χ2n) is 5.54. The van der Waals surface area contributed by atoms with Crippen molar-refractivity contribution in [1.29, 1.82) is 0 Å². The van der Waals surface area contributed by atoms with E-state index < -0.39 is 0 Å². The summed E-state index contributed by atoms with van der Waals surface area (Å²) in [6, 6.07) is 12.7. The van der Waals surface area contributed by atoms with Crippen LogP contribution >= 0.6 is 23.2 Å². The predicted molar refractivity (Wildman–Crippen MR) is 97.9 cm³/mol. The lowest BCUT2D eigenvalue weighted by Crippen LogP contribution is -2.12. The van der Waals surface area contributed by atoms with E-state index in [1.807, 2.05) is 31.2 Å². The first-order chi connectivity index (χ1) is 12.0. The molecule has 0 aliphatic rings. The zero-order valence-corrected chi connectivity index (χ0v) is 14.9. The standard InChI is InChI=1S/C18H15Cl2N3O2/c1-11-2-4-12(5-3-11)18-23-22-17(25-18)9-8-16(24)21-15-10-13(19)6-7-14(15)20/h2-7,10H,8-9H2,1H3,(H,21,24). The molecule has 0 saturated carbocycles. The van der Waals surface area contributed by atoms with E-state index in [9.17, 15) is 4.79 Å². The number of nitrogens with one attached hydrogen (secondary N) is 1. The molecule has 1 aromatic heterocycles. The van der Waals surface area contributed by atoms with Gasteiger partial charge < -0.3 is 9.73 Å². The molecule has 0 fully saturated rings. The van der Waals surface area contributed by atoms with E-state index in [2.05, 4.69) is 15.5 Å². The minimum atomic E-state index is -0.209. The molecule has 5 nitrogen and oxygen atoms in total. The monoisotopic (exact) mass is 375 g/mol. The highest BCUT2D eigenvalue weighted by molar-refractivity contribution is 6.35. The lowest BCUT2D eigenvalue weighted by molar-refractivity contribution is -0.116. The summed E-state index contributed by atoms with van der Waals surface area (Å²) >= 11 is 11.9. The summed E-state index contributed by atoms with van der Waals surface area (Å²) in [6.07, 6.45) is 0.529. The van der Waals surface area contributed by atoms with E-state index in [4.69, 9.17) is 27.6 Å². The lowest BCUT2D eigenvalue weighted by atomic mass is 10.1. The maximum absolute atomic E-state index is 12.1. The van der Waals surface area contributed by atoms with Crippen LogP contribution in [0.25, 0.3) is 11.5 Å². The van der Waals surface area contributed by atoms with Gasteiger partial charge in [-0.25, -0.2) is 0 Å². The number of nitrogens with zero attached hydrogens (tertiary/aromatic N) is 2. The van der Waals surface area contributed by atoms with Gasteiger partial charge in [0.1, 0.15) is 0 Å². The van der Waals surface area contributed by atoms with Crippen LogP contribution in [0.5, 0.6) is 0 Å². The fourth-order valence-corrected chi connectivity index (χ4v) is 2.53. The van der Waals surface area contributed by atoms with Crippen molar-refractivity contribution in [3.8, 4) is 11.5 Å². The second kappa shape index (κ2) is 7.68. The highest BCUT2D eigenvalue weighted by Gasteiger charge is 2.12. The fraction of sp³-hybridized carbons (Fsp3) is 0.167. The third kappa shape index (κ3) is 4.59. The van der Waals surface area contributed by atoms with Crippen LogP contribution in [0.2, 0.25) is 10.0 Å². The van der Waals surface area contributed by atoms with Crippen molar-refractivity contribution in [3.63, 3.8) is 0 Å². The molecular weight excluding hydrogens is 361 g/mol. The Morgan fingerprint density at radius 1 is 1.12 bits per heavy atom. The molecule has 1 amide bonds. The van der Waals surface area contributed by atoms with Crippen LogP contribution in [0.15, 0.2) is 46.9 Å². The van der Waals surface area contributed by atoms with Crippen LogP contribution in [0.3, 0.4) is 0 Å². The van der Waals surface area contributed by atoms with E-state index >= 15 is 0 Å². The molecule has 0 bridgehead atoms. The minimum Gasteiger partial charge on any atom is -0.421 e. The van der Waals surface area contributed by atoms with Gasteiger partial charge in [0.05, 0.1) is 10.7 Å². The van der Waals surface area contributed by atoms with E-state index in [1.54, 1.807) is 18.2 Å². The summed E-state index contributed by atoms with van der Waals surface area (Å²) < 4.78 is 5.60. The molecule has 0 saturated heterocycles. The Labute approximate surface area is 155 Å². The number of rotatable bonds is 5. The number of hydrogen-bond donors (Lipinski definition) is 1. The maximum atomic E-state index is 12.1. The first kappa shape index (κ1) is 17.5. The topological polar surface area (TPSA) is 68.0 Å². The number of carbonyl (C=O) groups excluding carboxylic acids is 1. The van der Waals surface area contributed by atoms with Gasteiger partial charge in [0, 0.05) is 23.4 Å². The van der Waals surface area contributed by atoms with E-state index in [-0.39, 0.29) is 12.3 Å². The van der Waals surface area contributed by atoms with Crippen molar-refractivity contribution in [2.24, 2.45) is 0 Å². The average molecular weight is 376 g/mol. The smallest absolute Gasteiger partial charge is 0.247 e. The molecule has 0 aliphatic heterocycles. The molecule has 7 heteroatoms. The number of aromatic nitrogens is 2. The first-order valence-corrected chi connectivity index (χ1v) is 8.41. The molecule has 0 radical (unpaired) electrons. The largest absolute Gasteiger partial charge is 0.421 e. The SMILES string of the molecule is Cc1ccc(-c2nnc(CCC(=O)Nc3cc(Cl)ccc3Cl)o2)cc1. The number of hydrogen-bond acceptors (Lipinski definition) is 4. The highest BCUT2D eigenvalue weighted by atomic mass is 35.5. The van der Waals surface area contributed by atoms with Gasteiger partial charge in [0.2, 0.25) is 17.7 Å². The molecular formula is C18H15Cl2N3O2. The van der Waals surface area contributed by atoms with Crippen molar-refractivity contribution in [1.82, 2.24) is 10.2 Å². The van der Waals surface area contributed by atoms with Crippen molar-refractivity contribution >= 4 is 34.8 Å². The molecule has 3 aromatic rings. The number of aryl methyl sites for hydroxylation is 2. The number of anilines is 1. The van der Waals surface area contributed by atoms with Crippen molar-refractivity contribution in [3.05, 3.63) is 64.0 Å². The Kier molecular flexibility index (Phi) is 5.36. The summed E-state index contributed by atoms with van der Waals surface area (Å²) in [5, 5.41) is 11.6. The van der Waals surface area contributed by atoms with Gasteiger partial charge in [-0.1, -0.05) is 40.9 Å². The number of carbonyl (C=O) groups is 1. The zero-order chi connectivity index (χ0) is 17.8. The Morgan fingerprint density at radius 2 is 1.88 bits per heavy atom. The molecule has 0 aliphatic carbocycles. The Bertz CT molecular complexity index is 892. The Morgan fingerprint density at radius 3 is 2.64 bits per heavy atom. The molecule has 1 heterocycles.